The van der Waals surface area contributed by atoms with Gasteiger partial charge in [-0.1, -0.05) is 23.7 Å². The lowest BCUT2D eigenvalue weighted by Crippen LogP contribution is -2.57. The molecule has 4 rings (SSSR count). The number of nitrogens with zero attached hydrogens (tertiary/aromatic N) is 3. The molecule has 0 spiro atoms. The van der Waals surface area contributed by atoms with E-state index >= 15 is 0 Å². The van der Waals surface area contributed by atoms with Crippen molar-refractivity contribution in [2.24, 2.45) is 0 Å². The third-order valence-electron chi connectivity index (χ3n) is 5.37. The van der Waals surface area contributed by atoms with Crippen LogP contribution in [-0.2, 0) is 15.1 Å². The Morgan fingerprint density at radius 1 is 1.27 bits per heavy atom. The van der Waals surface area contributed by atoms with E-state index in [0.29, 0.717) is 24.7 Å². The number of amides is 1. The number of aromatic nitrogens is 2. The summed E-state index contributed by atoms with van der Waals surface area (Å²) in [6.07, 6.45) is 5.02. The molecule has 138 valence electrons. The van der Waals surface area contributed by atoms with Crippen LogP contribution in [0.25, 0.3) is 0 Å². The first-order valence-electron chi connectivity index (χ1n) is 9.06. The molecule has 1 aromatic heterocycles. The number of hydrogen-bond donors (Lipinski definition) is 1. The molecule has 1 aromatic carbocycles. The summed E-state index contributed by atoms with van der Waals surface area (Å²) in [6, 6.07) is 9.54. The summed E-state index contributed by atoms with van der Waals surface area (Å²) in [6.45, 7) is 3.33. The second-order valence-corrected chi connectivity index (χ2v) is 7.33. The Kier molecular flexibility index (Phi) is 4.98. The van der Waals surface area contributed by atoms with Gasteiger partial charge in [0.1, 0.15) is 11.6 Å². The maximum Gasteiger partial charge on any atom is 0.250 e. The Morgan fingerprint density at radius 2 is 2.04 bits per heavy atom. The Bertz CT molecular complexity index is 741. The SMILES string of the molecule is O=C(N1CCOC(c2ccc(Cl)cc2)C1)C1(n2cccn2)CCNCC1. The lowest BCUT2D eigenvalue weighted by atomic mass is 9.86. The summed E-state index contributed by atoms with van der Waals surface area (Å²) >= 11 is 5.99. The smallest absolute Gasteiger partial charge is 0.250 e. The van der Waals surface area contributed by atoms with Crippen molar-refractivity contribution in [3.05, 3.63) is 53.3 Å². The quantitative estimate of drug-likeness (QED) is 0.894. The lowest BCUT2D eigenvalue weighted by Gasteiger charge is -2.42. The summed E-state index contributed by atoms with van der Waals surface area (Å²) in [7, 11) is 0. The molecular formula is C19H23ClN4O2. The maximum absolute atomic E-state index is 13.6. The van der Waals surface area contributed by atoms with E-state index in [9.17, 15) is 4.79 Å². The van der Waals surface area contributed by atoms with E-state index in [4.69, 9.17) is 16.3 Å². The van der Waals surface area contributed by atoms with E-state index in [2.05, 4.69) is 10.4 Å². The van der Waals surface area contributed by atoms with Crippen molar-refractivity contribution in [2.75, 3.05) is 32.8 Å². The van der Waals surface area contributed by atoms with Crippen molar-refractivity contribution in [2.45, 2.75) is 24.5 Å². The van der Waals surface area contributed by atoms with Crippen LogP contribution in [0.3, 0.4) is 0 Å². The average molecular weight is 375 g/mol. The highest BCUT2D eigenvalue weighted by atomic mass is 35.5. The topological polar surface area (TPSA) is 59.4 Å². The van der Waals surface area contributed by atoms with Gasteiger partial charge in [-0.2, -0.15) is 5.10 Å². The predicted molar refractivity (Wildman–Crippen MR) is 99.0 cm³/mol. The fourth-order valence-electron chi connectivity index (χ4n) is 3.91. The molecule has 2 fully saturated rings. The molecule has 2 aliphatic rings. The van der Waals surface area contributed by atoms with E-state index < -0.39 is 5.54 Å². The molecule has 1 amide bonds. The van der Waals surface area contributed by atoms with Crippen LogP contribution in [0.1, 0.15) is 24.5 Å². The third-order valence-corrected chi connectivity index (χ3v) is 5.62. The van der Waals surface area contributed by atoms with Gasteiger partial charge in [-0.25, -0.2) is 0 Å². The van der Waals surface area contributed by atoms with Gasteiger partial charge in [-0.15, -0.1) is 0 Å². The molecule has 2 saturated heterocycles. The van der Waals surface area contributed by atoms with Crippen LogP contribution < -0.4 is 5.32 Å². The summed E-state index contributed by atoms with van der Waals surface area (Å²) < 4.78 is 7.77. The minimum absolute atomic E-state index is 0.124. The number of rotatable bonds is 3. The van der Waals surface area contributed by atoms with Gasteiger partial charge in [0.2, 0.25) is 0 Å². The normalized spacial score (nSPS) is 23.0. The number of benzene rings is 1. The highest BCUT2D eigenvalue weighted by Gasteiger charge is 2.45. The van der Waals surface area contributed by atoms with Gasteiger partial charge >= 0.3 is 0 Å². The van der Waals surface area contributed by atoms with Crippen LogP contribution in [0, 0.1) is 0 Å². The number of carbonyl (C=O) groups is 1. The number of carbonyl (C=O) groups excluding carboxylic acids is 1. The molecular weight excluding hydrogens is 352 g/mol. The highest BCUT2D eigenvalue weighted by Crippen LogP contribution is 2.32. The predicted octanol–water partition coefficient (Wildman–Crippen LogP) is 2.22. The van der Waals surface area contributed by atoms with Gasteiger partial charge in [0, 0.05) is 24.0 Å². The van der Waals surface area contributed by atoms with E-state index in [-0.39, 0.29) is 12.0 Å². The van der Waals surface area contributed by atoms with Gasteiger partial charge in [0.05, 0.1) is 13.2 Å². The summed E-state index contributed by atoms with van der Waals surface area (Å²) in [5.74, 6) is 0.143. The van der Waals surface area contributed by atoms with Crippen LogP contribution >= 0.6 is 11.6 Å². The number of hydrogen-bond acceptors (Lipinski definition) is 4. The molecule has 0 bridgehead atoms. The molecule has 1 atom stereocenters. The summed E-state index contributed by atoms with van der Waals surface area (Å²) in [4.78, 5) is 15.5. The molecule has 26 heavy (non-hydrogen) atoms. The van der Waals surface area contributed by atoms with Crippen molar-refractivity contribution >= 4 is 17.5 Å². The number of nitrogens with one attached hydrogen (secondary N) is 1. The number of halogens is 1. The van der Waals surface area contributed by atoms with E-state index in [0.717, 1.165) is 31.5 Å². The molecule has 0 aliphatic carbocycles. The van der Waals surface area contributed by atoms with Gasteiger partial charge in [-0.05, 0) is 49.7 Å². The van der Waals surface area contributed by atoms with Gasteiger partial charge in [-0.3, -0.25) is 9.48 Å². The Hall–Kier alpha value is -1.89. The molecule has 7 heteroatoms. The van der Waals surface area contributed by atoms with E-state index in [1.165, 1.54) is 0 Å². The van der Waals surface area contributed by atoms with Gasteiger partial charge < -0.3 is 15.0 Å². The first-order valence-corrected chi connectivity index (χ1v) is 9.44. The second kappa shape index (κ2) is 7.39. The van der Waals surface area contributed by atoms with Crippen LogP contribution in [0.4, 0.5) is 0 Å². The average Bonchev–Trinajstić information content (AvgIpc) is 3.24. The van der Waals surface area contributed by atoms with Crippen molar-refractivity contribution in [3.63, 3.8) is 0 Å². The van der Waals surface area contributed by atoms with Crippen LogP contribution in [0.2, 0.25) is 5.02 Å². The first kappa shape index (κ1) is 17.5. The number of ether oxygens (including phenoxy) is 1. The largest absolute Gasteiger partial charge is 0.370 e. The standard InChI is InChI=1S/C19H23ClN4O2/c20-16-4-2-15(3-5-16)17-14-23(12-13-26-17)18(25)19(6-9-21-10-7-19)24-11-1-8-22-24/h1-5,8,11,17,21H,6-7,9-10,12-14H2. The molecule has 2 aliphatic heterocycles. The number of morpholine rings is 1. The maximum atomic E-state index is 13.6. The molecule has 1 unspecified atom stereocenters. The van der Waals surface area contributed by atoms with E-state index in [1.807, 2.05) is 46.1 Å². The monoisotopic (exact) mass is 374 g/mol. The Balaban J connectivity index is 1.57. The Morgan fingerprint density at radius 3 is 2.73 bits per heavy atom. The zero-order chi connectivity index (χ0) is 18.0. The highest BCUT2D eigenvalue weighted by molar-refractivity contribution is 6.30. The third kappa shape index (κ3) is 3.24. The summed E-state index contributed by atoms with van der Waals surface area (Å²) in [5, 5.41) is 8.46. The van der Waals surface area contributed by atoms with Crippen LogP contribution in [0.15, 0.2) is 42.7 Å². The molecule has 0 saturated carbocycles. The van der Waals surface area contributed by atoms with Crippen molar-refractivity contribution in [1.82, 2.24) is 20.0 Å². The fourth-order valence-corrected chi connectivity index (χ4v) is 4.04. The summed E-state index contributed by atoms with van der Waals surface area (Å²) in [5.41, 5.74) is 0.446. The molecule has 1 N–H and O–H groups in total. The zero-order valence-corrected chi connectivity index (χ0v) is 15.4. The van der Waals surface area contributed by atoms with Crippen LogP contribution in [0.5, 0.6) is 0 Å². The molecule has 6 nitrogen and oxygen atoms in total. The van der Waals surface area contributed by atoms with Crippen molar-refractivity contribution < 1.29 is 9.53 Å². The van der Waals surface area contributed by atoms with Gasteiger partial charge in [0.15, 0.2) is 0 Å². The van der Waals surface area contributed by atoms with Crippen LogP contribution in [-0.4, -0.2) is 53.4 Å². The first-order chi connectivity index (χ1) is 12.7. The fraction of sp³-hybridized carbons (Fsp3) is 0.474. The lowest BCUT2D eigenvalue weighted by molar-refractivity contribution is -0.151. The zero-order valence-electron chi connectivity index (χ0n) is 14.6. The molecule has 2 aromatic rings. The minimum Gasteiger partial charge on any atom is -0.370 e. The van der Waals surface area contributed by atoms with Gasteiger partial charge in [0.25, 0.3) is 5.91 Å². The van der Waals surface area contributed by atoms with Crippen molar-refractivity contribution in [3.8, 4) is 0 Å². The minimum atomic E-state index is -0.601. The number of piperidine rings is 1. The Labute approximate surface area is 158 Å². The second-order valence-electron chi connectivity index (χ2n) is 6.89. The molecule has 3 heterocycles. The van der Waals surface area contributed by atoms with Crippen molar-refractivity contribution in [1.29, 1.82) is 0 Å². The molecule has 0 radical (unpaired) electrons. The van der Waals surface area contributed by atoms with E-state index in [1.54, 1.807) is 6.20 Å².